The van der Waals surface area contributed by atoms with Gasteiger partial charge in [-0.25, -0.2) is 0 Å². The zero-order valence-corrected chi connectivity index (χ0v) is 11.9. The molecule has 1 heterocycles. The third-order valence-corrected chi connectivity index (χ3v) is 3.99. The highest BCUT2D eigenvalue weighted by Crippen LogP contribution is 2.29. The van der Waals surface area contributed by atoms with E-state index in [1.54, 1.807) is 0 Å². The molecule has 19 heavy (non-hydrogen) atoms. The lowest BCUT2D eigenvalue weighted by molar-refractivity contribution is -0.141. The molecule has 2 aliphatic rings. The van der Waals surface area contributed by atoms with Gasteiger partial charge in [0.25, 0.3) is 0 Å². The van der Waals surface area contributed by atoms with Crippen LogP contribution in [0, 0.1) is 0 Å². The van der Waals surface area contributed by atoms with Crippen LogP contribution in [0.3, 0.4) is 0 Å². The van der Waals surface area contributed by atoms with Crippen molar-refractivity contribution < 1.29 is 14.3 Å². The first-order valence-electron chi connectivity index (χ1n) is 7.37. The Kier molecular flexibility index (Phi) is 4.80. The van der Waals surface area contributed by atoms with E-state index in [0.29, 0.717) is 19.1 Å². The summed E-state index contributed by atoms with van der Waals surface area (Å²) in [6.45, 7) is 5.30. The monoisotopic (exact) mass is 268 g/mol. The summed E-state index contributed by atoms with van der Waals surface area (Å²) in [5.41, 5.74) is 0. The predicted octanol–water partition coefficient (Wildman–Crippen LogP) is 1.07. The summed E-state index contributed by atoms with van der Waals surface area (Å²) in [6, 6.07) is -0.0674. The lowest BCUT2D eigenvalue weighted by Gasteiger charge is -2.42. The van der Waals surface area contributed by atoms with Crippen LogP contribution in [-0.4, -0.2) is 48.1 Å². The molecule has 2 amide bonds. The van der Waals surface area contributed by atoms with Crippen LogP contribution >= 0.6 is 0 Å². The largest absolute Gasteiger partial charge is 0.378 e. The van der Waals surface area contributed by atoms with Gasteiger partial charge in [-0.3, -0.25) is 9.59 Å². The first-order chi connectivity index (χ1) is 9.15. The molecule has 0 spiro atoms. The number of carbonyl (C=O) groups is 2. The van der Waals surface area contributed by atoms with Crippen LogP contribution in [0.15, 0.2) is 0 Å². The van der Waals surface area contributed by atoms with Gasteiger partial charge in [0.1, 0.15) is 6.04 Å². The smallest absolute Gasteiger partial charge is 0.245 e. The number of rotatable bonds is 5. The van der Waals surface area contributed by atoms with E-state index in [1.807, 2.05) is 18.7 Å². The molecule has 1 N–H and O–H groups in total. The second kappa shape index (κ2) is 6.37. The molecule has 5 nitrogen and oxygen atoms in total. The Balaban J connectivity index is 1.95. The minimum absolute atomic E-state index is 0.00465. The van der Waals surface area contributed by atoms with E-state index in [1.165, 1.54) is 0 Å². The maximum absolute atomic E-state index is 12.5. The minimum Gasteiger partial charge on any atom is -0.378 e. The summed E-state index contributed by atoms with van der Waals surface area (Å²) < 4.78 is 5.54. The highest BCUT2D eigenvalue weighted by atomic mass is 16.5. The molecule has 2 rings (SSSR count). The highest BCUT2D eigenvalue weighted by molar-refractivity contribution is 5.90. The van der Waals surface area contributed by atoms with Crippen LogP contribution in [0.4, 0.5) is 0 Å². The summed E-state index contributed by atoms with van der Waals surface area (Å²) in [7, 11) is 0. The Labute approximate surface area is 114 Å². The van der Waals surface area contributed by atoms with Crippen molar-refractivity contribution in [1.82, 2.24) is 10.2 Å². The van der Waals surface area contributed by atoms with Crippen molar-refractivity contribution in [2.24, 2.45) is 0 Å². The minimum atomic E-state index is -0.328. The fourth-order valence-electron chi connectivity index (χ4n) is 2.87. The Bertz CT molecular complexity index is 340. The summed E-state index contributed by atoms with van der Waals surface area (Å²) in [6.07, 6.45) is 4.15. The van der Waals surface area contributed by atoms with Gasteiger partial charge in [0.05, 0.1) is 6.10 Å². The van der Waals surface area contributed by atoms with E-state index in [4.69, 9.17) is 4.74 Å². The van der Waals surface area contributed by atoms with Gasteiger partial charge in [0.2, 0.25) is 11.8 Å². The summed E-state index contributed by atoms with van der Waals surface area (Å²) >= 11 is 0. The first-order valence-corrected chi connectivity index (χ1v) is 7.37. The molecule has 108 valence electrons. The van der Waals surface area contributed by atoms with E-state index in [-0.39, 0.29) is 23.9 Å². The molecule has 1 saturated heterocycles. The fourth-order valence-corrected chi connectivity index (χ4v) is 2.87. The third kappa shape index (κ3) is 3.26. The van der Waals surface area contributed by atoms with Gasteiger partial charge in [-0.15, -0.1) is 0 Å². The number of amides is 2. The standard InChI is InChI=1S/C14H24N2O3/c1-3-5-12-14(18)16(7-6-13(17)15-12)10-8-11(9-10)19-4-2/h10-12H,3-9H2,1-2H3,(H,15,17). The van der Waals surface area contributed by atoms with Crippen LogP contribution < -0.4 is 5.32 Å². The van der Waals surface area contributed by atoms with Crippen molar-refractivity contribution in [3.8, 4) is 0 Å². The molecular formula is C14H24N2O3. The average molecular weight is 268 g/mol. The third-order valence-electron chi connectivity index (χ3n) is 3.99. The van der Waals surface area contributed by atoms with E-state index < -0.39 is 0 Å². The second-order valence-electron chi connectivity index (χ2n) is 5.39. The van der Waals surface area contributed by atoms with Gasteiger partial charge in [0.15, 0.2) is 0 Å². The zero-order valence-electron chi connectivity index (χ0n) is 11.9. The molecule has 0 radical (unpaired) electrons. The first kappa shape index (κ1) is 14.3. The van der Waals surface area contributed by atoms with Crippen LogP contribution in [0.2, 0.25) is 0 Å². The Morgan fingerprint density at radius 1 is 1.32 bits per heavy atom. The normalized spacial score (nSPS) is 31.7. The number of nitrogens with one attached hydrogen (secondary N) is 1. The molecule has 2 fully saturated rings. The number of hydrogen-bond acceptors (Lipinski definition) is 3. The fraction of sp³-hybridized carbons (Fsp3) is 0.857. The lowest BCUT2D eigenvalue weighted by Crippen LogP contribution is -2.54. The summed E-state index contributed by atoms with van der Waals surface area (Å²) in [5.74, 6) is 0.0858. The van der Waals surface area contributed by atoms with E-state index in [2.05, 4.69) is 5.32 Å². The van der Waals surface area contributed by atoms with Crippen molar-refractivity contribution in [2.75, 3.05) is 13.2 Å². The maximum Gasteiger partial charge on any atom is 0.245 e. The molecular weight excluding hydrogens is 244 g/mol. The SMILES string of the molecule is CCCC1NC(=O)CCN(C2CC(OCC)C2)C1=O. The van der Waals surface area contributed by atoms with Crippen molar-refractivity contribution >= 4 is 11.8 Å². The number of hydrogen-bond donors (Lipinski definition) is 1. The Morgan fingerprint density at radius 3 is 2.68 bits per heavy atom. The summed E-state index contributed by atoms with van der Waals surface area (Å²) in [4.78, 5) is 26.0. The molecule has 1 unspecified atom stereocenters. The lowest BCUT2D eigenvalue weighted by atomic mass is 9.87. The van der Waals surface area contributed by atoms with Crippen molar-refractivity contribution in [3.05, 3.63) is 0 Å². The second-order valence-corrected chi connectivity index (χ2v) is 5.39. The number of nitrogens with zero attached hydrogens (tertiary/aromatic N) is 1. The van der Waals surface area contributed by atoms with E-state index >= 15 is 0 Å². The van der Waals surface area contributed by atoms with Crippen molar-refractivity contribution in [1.29, 1.82) is 0 Å². The van der Waals surface area contributed by atoms with E-state index in [9.17, 15) is 9.59 Å². The molecule has 1 aliphatic carbocycles. The van der Waals surface area contributed by atoms with Crippen LogP contribution in [-0.2, 0) is 14.3 Å². The van der Waals surface area contributed by atoms with Gasteiger partial charge in [-0.1, -0.05) is 13.3 Å². The predicted molar refractivity (Wildman–Crippen MR) is 71.6 cm³/mol. The number of ether oxygens (including phenoxy) is 1. The molecule has 5 heteroatoms. The molecule has 1 saturated carbocycles. The topological polar surface area (TPSA) is 58.6 Å². The molecule has 0 aromatic rings. The maximum atomic E-state index is 12.5. The Morgan fingerprint density at radius 2 is 2.05 bits per heavy atom. The van der Waals surface area contributed by atoms with Gasteiger partial charge >= 0.3 is 0 Å². The quantitative estimate of drug-likeness (QED) is 0.811. The molecule has 1 aliphatic heterocycles. The van der Waals surface area contributed by atoms with Gasteiger partial charge in [-0.05, 0) is 26.2 Å². The average Bonchev–Trinajstić information content (AvgIpc) is 2.46. The molecule has 0 aromatic carbocycles. The summed E-state index contributed by atoms with van der Waals surface area (Å²) in [5, 5.41) is 2.84. The molecule has 1 atom stereocenters. The van der Waals surface area contributed by atoms with Gasteiger partial charge < -0.3 is 15.0 Å². The molecule has 0 aromatic heterocycles. The van der Waals surface area contributed by atoms with Gasteiger partial charge in [0, 0.05) is 25.6 Å². The van der Waals surface area contributed by atoms with Crippen molar-refractivity contribution in [2.45, 2.75) is 64.1 Å². The van der Waals surface area contributed by atoms with E-state index in [0.717, 1.165) is 32.3 Å². The highest BCUT2D eigenvalue weighted by Gasteiger charge is 2.40. The Hall–Kier alpha value is -1.10. The molecule has 0 bridgehead atoms. The number of carbonyl (C=O) groups excluding carboxylic acids is 2. The van der Waals surface area contributed by atoms with Crippen LogP contribution in [0.25, 0.3) is 0 Å². The van der Waals surface area contributed by atoms with Crippen molar-refractivity contribution in [3.63, 3.8) is 0 Å². The zero-order chi connectivity index (χ0) is 13.8. The van der Waals surface area contributed by atoms with Gasteiger partial charge in [-0.2, -0.15) is 0 Å². The van der Waals surface area contributed by atoms with Crippen LogP contribution in [0.5, 0.6) is 0 Å². The van der Waals surface area contributed by atoms with Crippen LogP contribution in [0.1, 0.15) is 46.0 Å².